The summed E-state index contributed by atoms with van der Waals surface area (Å²) in [7, 11) is 3.14. The highest BCUT2D eigenvalue weighted by Crippen LogP contribution is 2.18. The van der Waals surface area contributed by atoms with Crippen LogP contribution in [0.4, 0.5) is 0 Å². The molecule has 0 aliphatic carbocycles. The van der Waals surface area contributed by atoms with Gasteiger partial charge in [-0.1, -0.05) is 24.3 Å². The summed E-state index contributed by atoms with van der Waals surface area (Å²) < 4.78 is 10.7. The Bertz CT molecular complexity index is 774. The van der Waals surface area contributed by atoms with Gasteiger partial charge in [0.05, 0.1) is 7.11 Å². The van der Waals surface area contributed by atoms with Gasteiger partial charge in [-0.25, -0.2) is 0 Å². The van der Waals surface area contributed by atoms with Crippen LogP contribution in [-0.2, 0) is 16.1 Å². The van der Waals surface area contributed by atoms with Crippen molar-refractivity contribution >= 4 is 11.8 Å². The van der Waals surface area contributed by atoms with Crippen LogP contribution in [-0.4, -0.2) is 43.5 Å². The van der Waals surface area contributed by atoms with Crippen molar-refractivity contribution in [2.75, 3.05) is 20.8 Å². The van der Waals surface area contributed by atoms with Gasteiger partial charge in [-0.15, -0.1) is 0 Å². The highest BCUT2D eigenvalue weighted by atomic mass is 16.5. The van der Waals surface area contributed by atoms with E-state index < -0.39 is 6.04 Å². The molecular formula is C21H26N2O4. The summed E-state index contributed by atoms with van der Waals surface area (Å²) in [5.74, 6) is 0.794. The van der Waals surface area contributed by atoms with Gasteiger partial charge >= 0.3 is 0 Å². The minimum atomic E-state index is -0.610. The number of aryl methyl sites for hydroxylation is 1. The molecule has 1 atom stereocenters. The molecule has 0 bridgehead atoms. The molecule has 2 amide bonds. The van der Waals surface area contributed by atoms with Crippen LogP contribution in [0, 0.1) is 6.92 Å². The van der Waals surface area contributed by atoms with Crippen LogP contribution < -0.4 is 14.8 Å². The van der Waals surface area contributed by atoms with E-state index in [1.807, 2.05) is 31.2 Å². The SMILES string of the molecule is CNC(=O)[C@@H](C)N(Cc1ccccc1C)C(=O)COc1ccc(OC)cc1. The normalized spacial score (nSPS) is 11.4. The molecule has 0 saturated heterocycles. The van der Waals surface area contributed by atoms with Crippen LogP contribution in [0.25, 0.3) is 0 Å². The molecule has 27 heavy (non-hydrogen) atoms. The van der Waals surface area contributed by atoms with Gasteiger partial charge in [-0.2, -0.15) is 0 Å². The molecule has 144 valence electrons. The number of benzene rings is 2. The number of hydrogen-bond donors (Lipinski definition) is 1. The van der Waals surface area contributed by atoms with Crippen molar-refractivity contribution in [2.45, 2.75) is 26.4 Å². The van der Waals surface area contributed by atoms with E-state index in [0.29, 0.717) is 18.0 Å². The van der Waals surface area contributed by atoms with Crippen LogP contribution in [0.5, 0.6) is 11.5 Å². The summed E-state index contributed by atoms with van der Waals surface area (Å²) in [6.45, 7) is 3.88. The van der Waals surface area contributed by atoms with E-state index in [2.05, 4.69) is 5.32 Å². The van der Waals surface area contributed by atoms with Crippen molar-refractivity contribution in [3.63, 3.8) is 0 Å². The summed E-state index contributed by atoms with van der Waals surface area (Å²) in [4.78, 5) is 26.5. The van der Waals surface area contributed by atoms with Gasteiger partial charge in [0.1, 0.15) is 17.5 Å². The van der Waals surface area contributed by atoms with E-state index >= 15 is 0 Å². The lowest BCUT2D eigenvalue weighted by Gasteiger charge is -2.28. The third-order valence-electron chi connectivity index (χ3n) is 4.44. The van der Waals surface area contributed by atoms with Gasteiger partial charge in [0, 0.05) is 13.6 Å². The Morgan fingerprint density at radius 2 is 1.70 bits per heavy atom. The molecule has 0 radical (unpaired) electrons. The molecule has 0 aliphatic rings. The van der Waals surface area contributed by atoms with Crippen LogP contribution >= 0.6 is 0 Å². The number of amides is 2. The maximum absolute atomic E-state index is 12.8. The number of carbonyl (C=O) groups excluding carboxylic acids is 2. The molecule has 0 fully saturated rings. The van der Waals surface area contributed by atoms with Crippen LogP contribution in [0.3, 0.4) is 0 Å². The van der Waals surface area contributed by atoms with Crippen LogP contribution in [0.1, 0.15) is 18.1 Å². The van der Waals surface area contributed by atoms with Gasteiger partial charge in [0.25, 0.3) is 5.91 Å². The summed E-state index contributed by atoms with van der Waals surface area (Å²) >= 11 is 0. The van der Waals surface area contributed by atoms with Crippen LogP contribution in [0.2, 0.25) is 0 Å². The molecule has 0 saturated carbocycles. The third kappa shape index (κ3) is 5.48. The monoisotopic (exact) mass is 370 g/mol. The van der Waals surface area contributed by atoms with Gasteiger partial charge in [0.2, 0.25) is 5.91 Å². The average molecular weight is 370 g/mol. The molecule has 2 aromatic rings. The molecule has 6 heteroatoms. The number of ether oxygens (including phenoxy) is 2. The van der Waals surface area contributed by atoms with Crippen molar-refractivity contribution in [1.82, 2.24) is 10.2 Å². The molecule has 0 aromatic heterocycles. The minimum Gasteiger partial charge on any atom is -0.497 e. The fourth-order valence-electron chi connectivity index (χ4n) is 2.66. The van der Waals surface area contributed by atoms with Gasteiger partial charge in [-0.3, -0.25) is 9.59 Å². The molecule has 0 spiro atoms. The van der Waals surface area contributed by atoms with Crippen LogP contribution in [0.15, 0.2) is 48.5 Å². The highest BCUT2D eigenvalue weighted by molar-refractivity contribution is 5.87. The van der Waals surface area contributed by atoms with Crippen molar-refractivity contribution < 1.29 is 19.1 Å². The second kappa shape index (κ2) is 9.62. The Morgan fingerprint density at radius 3 is 2.30 bits per heavy atom. The molecule has 6 nitrogen and oxygen atoms in total. The standard InChI is InChI=1S/C21H26N2O4/c1-15-7-5-6-8-17(15)13-23(16(2)21(25)22-3)20(24)14-27-19-11-9-18(26-4)10-12-19/h5-12,16H,13-14H2,1-4H3,(H,22,25)/t16-/m1/s1. The van der Waals surface area contributed by atoms with E-state index in [0.717, 1.165) is 11.1 Å². The highest BCUT2D eigenvalue weighted by Gasteiger charge is 2.26. The van der Waals surface area contributed by atoms with E-state index in [1.54, 1.807) is 45.3 Å². The molecule has 1 N–H and O–H groups in total. The molecule has 2 rings (SSSR count). The Morgan fingerprint density at radius 1 is 1.07 bits per heavy atom. The summed E-state index contributed by atoms with van der Waals surface area (Å²) in [6.07, 6.45) is 0. The molecule has 0 heterocycles. The first-order chi connectivity index (χ1) is 13.0. The van der Waals surface area contributed by atoms with Crippen molar-refractivity contribution in [3.8, 4) is 11.5 Å². The van der Waals surface area contributed by atoms with Gasteiger partial charge in [-0.05, 0) is 49.2 Å². The van der Waals surface area contributed by atoms with Crippen molar-refractivity contribution in [1.29, 1.82) is 0 Å². The van der Waals surface area contributed by atoms with E-state index in [1.165, 1.54) is 4.90 Å². The number of nitrogens with zero attached hydrogens (tertiary/aromatic N) is 1. The fraction of sp³-hybridized carbons (Fsp3) is 0.333. The largest absolute Gasteiger partial charge is 0.497 e. The number of rotatable bonds is 8. The van der Waals surface area contributed by atoms with Gasteiger partial charge < -0.3 is 19.7 Å². The number of likely N-dealkylation sites (N-methyl/N-ethyl adjacent to an activating group) is 1. The zero-order valence-electron chi connectivity index (χ0n) is 16.2. The first-order valence-electron chi connectivity index (χ1n) is 8.78. The lowest BCUT2D eigenvalue weighted by Crippen LogP contribution is -2.48. The molecule has 0 unspecified atom stereocenters. The third-order valence-corrected chi connectivity index (χ3v) is 4.44. The Balaban J connectivity index is 2.12. The average Bonchev–Trinajstić information content (AvgIpc) is 2.70. The lowest BCUT2D eigenvalue weighted by molar-refractivity contribution is -0.142. The quantitative estimate of drug-likeness (QED) is 0.775. The number of nitrogens with one attached hydrogen (secondary N) is 1. The maximum Gasteiger partial charge on any atom is 0.261 e. The Kier molecular flexibility index (Phi) is 7.23. The fourth-order valence-corrected chi connectivity index (χ4v) is 2.66. The minimum absolute atomic E-state index is 0.153. The van der Waals surface area contributed by atoms with Gasteiger partial charge in [0.15, 0.2) is 6.61 Å². The summed E-state index contributed by atoms with van der Waals surface area (Å²) in [6, 6.07) is 14.2. The first kappa shape index (κ1) is 20.3. The number of methoxy groups -OCH3 is 1. The summed E-state index contributed by atoms with van der Waals surface area (Å²) in [5, 5.41) is 2.60. The second-order valence-corrected chi connectivity index (χ2v) is 6.20. The maximum atomic E-state index is 12.8. The summed E-state index contributed by atoms with van der Waals surface area (Å²) in [5.41, 5.74) is 2.06. The zero-order chi connectivity index (χ0) is 19.8. The van der Waals surface area contributed by atoms with E-state index in [9.17, 15) is 9.59 Å². The number of carbonyl (C=O) groups is 2. The van der Waals surface area contributed by atoms with Crippen molar-refractivity contribution in [3.05, 3.63) is 59.7 Å². The predicted octanol–water partition coefficient (Wildman–Crippen LogP) is 2.55. The van der Waals surface area contributed by atoms with Crippen molar-refractivity contribution in [2.24, 2.45) is 0 Å². The first-order valence-corrected chi connectivity index (χ1v) is 8.78. The van der Waals surface area contributed by atoms with E-state index in [-0.39, 0.29) is 18.4 Å². The smallest absolute Gasteiger partial charge is 0.261 e. The molecule has 0 aliphatic heterocycles. The molecular weight excluding hydrogens is 344 g/mol. The predicted molar refractivity (Wildman–Crippen MR) is 104 cm³/mol. The topological polar surface area (TPSA) is 67.9 Å². The Hall–Kier alpha value is -3.02. The van der Waals surface area contributed by atoms with E-state index in [4.69, 9.17) is 9.47 Å². The Labute approximate surface area is 160 Å². The zero-order valence-corrected chi connectivity index (χ0v) is 16.2. The lowest BCUT2D eigenvalue weighted by atomic mass is 10.1. The number of hydrogen-bond acceptors (Lipinski definition) is 4. The molecule has 2 aromatic carbocycles. The second-order valence-electron chi connectivity index (χ2n) is 6.20.